The molecule has 21 heavy (non-hydrogen) atoms. The molecule has 1 saturated heterocycles. The second-order valence-electron chi connectivity index (χ2n) is 4.88. The first kappa shape index (κ1) is 19.6. The standard InChI is InChI=1S/C10H19FN2O.C2HF3O2/c1-3-7(2)9(12)10(14)13-5-4-8(11)6-13;3-2(4,5)1(6)7/h7-9H,3-6,12H2,1-2H3;(H,6,7)/t7?,8?,9-;/m0./s1. The lowest BCUT2D eigenvalue weighted by atomic mass is 9.99. The fourth-order valence-corrected chi connectivity index (χ4v) is 1.63. The van der Waals surface area contributed by atoms with E-state index in [2.05, 4.69) is 0 Å². The van der Waals surface area contributed by atoms with E-state index in [4.69, 9.17) is 15.6 Å². The second kappa shape index (κ2) is 8.16. The summed E-state index contributed by atoms with van der Waals surface area (Å²) in [5.41, 5.74) is 5.78. The van der Waals surface area contributed by atoms with Crippen LogP contribution in [0.1, 0.15) is 26.7 Å². The van der Waals surface area contributed by atoms with E-state index >= 15 is 0 Å². The van der Waals surface area contributed by atoms with Crippen molar-refractivity contribution in [3.8, 4) is 0 Å². The maximum Gasteiger partial charge on any atom is 0.490 e. The van der Waals surface area contributed by atoms with E-state index in [9.17, 15) is 22.4 Å². The number of likely N-dealkylation sites (tertiary alicyclic amines) is 1. The molecule has 1 heterocycles. The number of alkyl halides is 4. The van der Waals surface area contributed by atoms with Crippen LogP contribution >= 0.6 is 0 Å². The van der Waals surface area contributed by atoms with Gasteiger partial charge >= 0.3 is 12.1 Å². The summed E-state index contributed by atoms with van der Waals surface area (Å²) in [6.07, 6.45) is -4.61. The zero-order chi connectivity index (χ0) is 16.8. The van der Waals surface area contributed by atoms with Crippen LogP contribution in [0.4, 0.5) is 17.6 Å². The van der Waals surface area contributed by atoms with Gasteiger partial charge in [-0.3, -0.25) is 4.79 Å². The van der Waals surface area contributed by atoms with Crippen molar-refractivity contribution in [2.45, 2.75) is 45.1 Å². The molecular formula is C12H20F4N2O3. The van der Waals surface area contributed by atoms with Crippen LogP contribution in [0.25, 0.3) is 0 Å². The topological polar surface area (TPSA) is 83.6 Å². The van der Waals surface area contributed by atoms with Gasteiger partial charge in [0.15, 0.2) is 0 Å². The molecule has 5 nitrogen and oxygen atoms in total. The quantitative estimate of drug-likeness (QED) is 0.774. The smallest absolute Gasteiger partial charge is 0.475 e. The van der Waals surface area contributed by atoms with Crippen LogP contribution in [0.15, 0.2) is 0 Å². The van der Waals surface area contributed by atoms with Gasteiger partial charge in [0.1, 0.15) is 6.17 Å². The third-order valence-corrected chi connectivity index (χ3v) is 3.23. The number of nitrogens with zero attached hydrogens (tertiary/aromatic N) is 1. The molecule has 1 amide bonds. The SMILES string of the molecule is CCC(C)[C@H](N)C(=O)N1CCC(F)C1.O=C(O)C(F)(F)F. The van der Waals surface area contributed by atoms with Gasteiger partial charge < -0.3 is 15.7 Å². The zero-order valence-corrected chi connectivity index (χ0v) is 11.9. The molecule has 1 fully saturated rings. The van der Waals surface area contributed by atoms with Gasteiger partial charge in [0, 0.05) is 6.54 Å². The summed E-state index contributed by atoms with van der Waals surface area (Å²) in [6.45, 7) is 4.69. The minimum atomic E-state index is -5.08. The molecule has 0 aliphatic carbocycles. The fourth-order valence-electron chi connectivity index (χ4n) is 1.63. The lowest BCUT2D eigenvalue weighted by molar-refractivity contribution is -0.192. The number of hydrogen-bond donors (Lipinski definition) is 2. The Hall–Kier alpha value is -1.38. The molecule has 0 saturated carbocycles. The summed E-state index contributed by atoms with van der Waals surface area (Å²) in [7, 11) is 0. The van der Waals surface area contributed by atoms with Gasteiger partial charge in [-0.05, 0) is 12.3 Å². The Balaban J connectivity index is 0.000000486. The molecule has 0 spiro atoms. The number of aliphatic carboxylic acids is 1. The number of hydrogen-bond acceptors (Lipinski definition) is 3. The van der Waals surface area contributed by atoms with E-state index in [-0.39, 0.29) is 18.4 Å². The molecule has 0 aromatic rings. The maximum atomic E-state index is 12.8. The number of carbonyl (C=O) groups is 2. The predicted octanol–water partition coefficient (Wildman–Crippen LogP) is 1.56. The van der Waals surface area contributed by atoms with Crippen molar-refractivity contribution in [1.29, 1.82) is 0 Å². The molecule has 0 radical (unpaired) electrons. The molecule has 3 atom stereocenters. The molecule has 1 rings (SSSR count). The highest BCUT2D eigenvalue weighted by molar-refractivity contribution is 5.82. The monoisotopic (exact) mass is 316 g/mol. The largest absolute Gasteiger partial charge is 0.490 e. The van der Waals surface area contributed by atoms with E-state index < -0.39 is 24.4 Å². The molecule has 0 aromatic heterocycles. The molecule has 1 aliphatic heterocycles. The minimum Gasteiger partial charge on any atom is -0.475 e. The van der Waals surface area contributed by atoms with Crippen molar-refractivity contribution in [1.82, 2.24) is 4.90 Å². The number of amides is 1. The molecular weight excluding hydrogens is 296 g/mol. The molecule has 124 valence electrons. The molecule has 1 aliphatic rings. The molecule has 0 aromatic carbocycles. The van der Waals surface area contributed by atoms with E-state index in [1.165, 1.54) is 0 Å². The van der Waals surface area contributed by atoms with Crippen LogP contribution < -0.4 is 5.73 Å². The summed E-state index contributed by atoms with van der Waals surface area (Å²) in [5.74, 6) is -2.69. The van der Waals surface area contributed by atoms with E-state index in [1.54, 1.807) is 4.90 Å². The minimum absolute atomic E-state index is 0.0977. The predicted molar refractivity (Wildman–Crippen MR) is 67.2 cm³/mol. The van der Waals surface area contributed by atoms with Gasteiger partial charge in [0.2, 0.25) is 5.91 Å². The van der Waals surface area contributed by atoms with Crippen LogP contribution in [-0.4, -0.2) is 53.4 Å². The van der Waals surface area contributed by atoms with Crippen molar-refractivity contribution in [2.24, 2.45) is 11.7 Å². The Morgan fingerprint density at radius 1 is 1.43 bits per heavy atom. The van der Waals surface area contributed by atoms with Crippen molar-refractivity contribution in [3.63, 3.8) is 0 Å². The zero-order valence-electron chi connectivity index (χ0n) is 11.9. The van der Waals surface area contributed by atoms with E-state index in [0.29, 0.717) is 13.0 Å². The third kappa shape index (κ3) is 6.74. The Morgan fingerprint density at radius 2 is 1.90 bits per heavy atom. The second-order valence-corrected chi connectivity index (χ2v) is 4.88. The average Bonchev–Trinajstić information content (AvgIpc) is 2.82. The molecule has 3 N–H and O–H groups in total. The normalized spacial score (nSPS) is 21.3. The van der Waals surface area contributed by atoms with Crippen LogP contribution in [0.2, 0.25) is 0 Å². The van der Waals surface area contributed by atoms with Crippen molar-refractivity contribution in [2.75, 3.05) is 13.1 Å². The first-order chi connectivity index (χ1) is 9.50. The third-order valence-electron chi connectivity index (χ3n) is 3.23. The summed E-state index contributed by atoms with van der Waals surface area (Å²) >= 11 is 0. The van der Waals surface area contributed by atoms with Crippen LogP contribution in [0.5, 0.6) is 0 Å². The lowest BCUT2D eigenvalue weighted by Crippen LogP contribution is -2.46. The first-order valence-corrected chi connectivity index (χ1v) is 6.49. The molecule has 9 heteroatoms. The Bertz CT molecular complexity index is 359. The van der Waals surface area contributed by atoms with Gasteiger partial charge in [-0.15, -0.1) is 0 Å². The highest BCUT2D eigenvalue weighted by Crippen LogP contribution is 2.16. The molecule has 2 unspecified atom stereocenters. The van der Waals surface area contributed by atoms with Gasteiger partial charge in [-0.25, -0.2) is 9.18 Å². The Kier molecular flexibility index (Phi) is 7.62. The van der Waals surface area contributed by atoms with Crippen LogP contribution in [-0.2, 0) is 9.59 Å². The Morgan fingerprint density at radius 3 is 2.19 bits per heavy atom. The number of carboxylic acid groups (broad SMARTS) is 1. The maximum absolute atomic E-state index is 12.8. The average molecular weight is 316 g/mol. The number of rotatable bonds is 3. The summed E-state index contributed by atoms with van der Waals surface area (Å²) in [6, 6.07) is -0.467. The van der Waals surface area contributed by atoms with E-state index in [1.807, 2.05) is 13.8 Å². The first-order valence-electron chi connectivity index (χ1n) is 6.49. The van der Waals surface area contributed by atoms with Crippen molar-refractivity contribution in [3.05, 3.63) is 0 Å². The number of carbonyl (C=O) groups excluding carboxylic acids is 1. The van der Waals surface area contributed by atoms with Crippen molar-refractivity contribution < 1.29 is 32.3 Å². The Labute approximate surface area is 120 Å². The summed E-state index contributed by atoms with van der Waals surface area (Å²) < 4.78 is 44.6. The highest BCUT2D eigenvalue weighted by atomic mass is 19.4. The number of halogens is 4. The van der Waals surface area contributed by atoms with E-state index in [0.717, 1.165) is 6.42 Å². The van der Waals surface area contributed by atoms with Crippen LogP contribution in [0.3, 0.4) is 0 Å². The summed E-state index contributed by atoms with van der Waals surface area (Å²) in [4.78, 5) is 22.2. The van der Waals surface area contributed by atoms with Gasteiger partial charge in [0.05, 0.1) is 12.6 Å². The number of carboxylic acids is 1. The molecule has 0 bridgehead atoms. The number of nitrogens with two attached hydrogens (primary N) is 1. The van der Waals surface area contributed by atoms with Gasteiger partial charge in [0.25, 0.3) is 0 Å². The fraction of sp³-hybridized carbons (Fsp3) is 0.833. The van der Waals surface area contributed by atoms with Gasteiger partial charge in [-0.2, -0.15) is 13.2 Å². The van der Waals surface area contributed by atoms with Crippen LogP contribution in [0, 0.1) is 5.92 Å². The lowest BCUT2D eigenvalue weighted by Gasteiger charge is -2.23. The summed E-state index contributed by atoms with van der Waals surface area (Å²) in [5, 5.41) is 7.12. The highest BCUT2D eigenvalue weighted by Gasteiger charge is 2.38. The van der Waals surface area contributed by atoms with Gasteiger partial charge in [-0.1, -0.05) is 20.3 Å². The van der Waals surface area contributed by atoms with Crippen molar-refractivity contribution >= 4 is 11.9 Å².